The molecule has 0 heterocycles. The van der Waals surface area contributed by atoms with E-state index in [4.69, 9.17) is 0 Å². The van der Waals surface area contributed by atoms with Crippen molar-refractivity contribution in [1.82, 2.24) is 0 Å². The lowest BCUT2D eigenvalue weighted by Crippen LogP contribution is -2.23. The van der Waals surface area contributed by atoms with Crippen LogP contribution >= 0.6 is 0 Å². The van der Waals surface area contributed by atoms with Crippen molar-refractivity contribution in [2.45, 2.75) is 53.4 Å². The fraction of sp³-hybridized carbons (Fsp3) is 0.556. The number of nitro benzene ring substituents is 1. The van der Waals surface area contributed by atoms with Gasteiger partial charge in [0, 0.05) is 23.6 Å². The Labute approximate surface area is 148 Å². The van der Waals surface area contributed by atoms with Crippen molar-refractivity contribution in [3.63, 3.8) is 0 Å². The molecular weight excluding hydrogens is 322 g/mol. The molecule has 0 atom stereocenters. The SMILES string of the molecule is CCC(CC)C(=O)Nc1ccc([N+](=O)[O-])c(NC(=O)C(CC)CC)c1. The molecule has 0 aliphatic carbocycles. The van der Waals surface area contributed by atoms with Crippen molar-refractivity contribution in [2.24, 2.45) is 11.8 Å². The van der Waals surface area contributed by atoms with Gasteiger partial charge < -0.3 is 10.6 Å². The van der Waals surface area contributed by atoms with Gasteiger partial charge in [0.05, 0.1) is 4.92 Å². The van der Waals surface area contributed by atoms with Crippen LogP contribution < -0.4 is 10.6 Å². The predicted molar refractivity (Wildman–Crippen MR) is 98.5 cm³/mol. The molecule has 1 aromatic rings. The average Bonchev–Trinajstić information content (AvgIpc) is 2.57. The summed E-state index contributed by atoms with van der Waals surface area (Å²) in [6.45, 7) is 7.67. The zero-order valence-corrected chi connectivity index (χ0v) is 15.3. The van der Waals surface area contributed by atoms with Crippen LogP contribution in [0, 0.1) is 22.0 Å². The molecule has 25 heavy (non-hydrogen) atoms. The Balaban J connectivity index is 3.07. The Morgan fingerprint density at radius 2 is 1.44 bits per heavy atom. The van der Waals surface area contributed by atoms with E-state index in [2.05, 4.69) is 10.6 Å². The third kappa shape index (κ3) is 5.55. The maximum atomic E-state index is 12.3. The first-order chi connectivity index (χ1) is 11.9. The van der Waals surface area contributed by atoms with E-state index in [-0.39, 0.29) is 35.0 Å². The van der Waals surface area contributed by atoms with Crippen LogP contribution in [-0.2, 0) is 9.59 Å². The first kappa shape index (κ1) is 20.6. The summed E-state index contributed by atoms with van der Waals surface area (Å²) in [5, 5.41) is 16.6. The van der Waals surface area contributed by atoms with Gasteiger partial charge in [0.1, 0.15) is 5.69 Å². The summed E-state index contributed by atoms with van der Waals surface area (Å²) in [5.41, 5.74) is 0.339. The predicted octanol–water partition coefficient (Wildman–Crippen LogP) is 4.34. The van der Waals surface area contributed by atoms with Crippen molar-refractivity contribution >= 4 is 28.9 Å². The summed E-state index contributed by atoms with van der Waals surface area (Å²) in [4.78, 5) is 35.1. The Bertz CT molecular complexity index is 623. The van der Waals surface area contributed by atoms with Crippen molar-refractivity contribution in [1.29, 1.82) is 0 Å². The van der Waals surface area contributed by atoms with Crippen LogP contribution in [0.15, 0.2) is 18.2 Å². The number of hydrogen-bond acceptors (Lipinski definition) is 4. The molecule has 0 aromatic heterocycles. The summed E-state index contributed by atoms with van der Waals surface area (Å²) >= 11 is 0. The zero-order valence-electron chi connectivity index (χ0n) is 15.3. The smallest absolute Gasteiger partial charge is 0.292 e. The highest BCUT2D eigenvalue weighted by Crippen LogP contribution is 2.29. The first-order valence-electron chi connectivity index (χ1n) is 8.77. The van der Waals surface area contributed by atoms with Crippen LogP contribution in [0.3, 0.4) is 0 Å². The molecule has 1 aromatic carbocycles. The van der Waals surface area contributed by atoms with E-state index in [1.165, 1.54) is 18.2 Å². The monoisotopic (exact) mass is 349 g/mol. The van der Waals surface area contributed by atoms with E-state index in [1.807, 2.05) is 27.7 Å². The van der Waals surface area contributed by atoms with E-state index in [1.54, 1.807) is 0 Å². The number of carbonyl (C=O) groups is 2. The quantitative estimate of drug-likeness (QED) is 0.511. The molecule has 0 saturated heterocycles. The van der Waals surface area contributed by atoms with Crippen molar-refractivity contribution < 1.29 is 14.5 Å². The van der Waals surface area contributed by atoms with E-state index < -0.39 is 4.92 Å². The second kappa shape index (κ2) is 9.76. The topological polar surface area (TPSA) is 101 Å². The molecule has 7 heteroatoms. The molecule has 0 fully saturated rings. The fourth-order valence-corrected chi connectivity index (χ4v) is 2.67. The number of benzene rings is 1. The molecule has 0 saturated carbocycles. The third-order valence-electron chi connectivity index (χ3n) is 4.43. The molecule has 0 bridgehead atoms. The van der Waals surface area contributed by atoms with Crippen LogP contribution in [-0.4, -0.2) is 16.7 Å². The molecule has 138 valence electrons. The van der Waals surface area contributed by atoms with E-state index in [0.717, 1.165) is 0 Å². The van der Waals surface area contributed by atoms with Gasteiger partial charge in [0.2, 0.25) is 11.8 Å². The van der Waals surface area contributed by atoms with Crippen LogP contribution in [0.4, 0.5) is 17.1 Å². The lowest BCUT2D eigenvalue weighted by molar-refractivity contribution is -0.383. The van der Waals surface area contributed by atoms with Gasteiger partial charge in [-0.1, -0.05) is 27.7 Å². The highest BCUT2D eigenvalue weighted by Gasteiger charge is 2.21. The number of carbonyl (C=O) groups excluding carboxylic acids is 2. The summed E-state index contributed by atoms with van der Waals surface area (Å²) in [6.07, 6.45) is 2.74. The van der Waals surface area contributed by atoms with Crippen LogP contribution in [0.5, 0.6) is 0 Å². The van der Waals surface area contributed by atoms with Gasteiger partial charge in [0.25, 0.3) is 5.69 Å². The highest BCUT2D eigenvalue weighted by molar-refractivity contribution is 5.97. The van der Waals surface area contributed by atoms with Crippen molar-refractivity contribution in [3.8, 4) is 0 Å². The Morgan fingerprint density at radius 3 is 1.88 bits per heavy atom. The number of hydrogen-bond donors (Lipinski definition) is 2. The Hall–Kier alpha value is -2.44. The van der Waals surface area contributed by atoms with Gasteiger partial charge in [-0.15, -0.1) is 0 Å². The summed E-state index contributed by atoms with van der Waals surface area (Å²) in [5.74, 6) is -0.701. The Morgan fingerprint density at radius 1 is 0.960 bits per heavy atom. The molecule has 2 amide bonds. The summed E-state index contributed by atoms with van der Waals surface area (Å²) in [6, 6.07) is 4.22. The molecular formula is C18H27N3O4. The molecule has 0 aliphatic rings. The summed E-state index contributed by atoms with van der Waals surface area (Å²) < 4.78 is 0. The molecule has 7 nitrogen and oxygen atoms in total. The van der Waals surface area contributed by atoms with E-state index >= 15 is 0 Å². The van der Waals surface area contributed by atoms with Crippen molar-refractivity contribution in [2.75, 3.05) is 10.6 Å². The zero-order chi connectivity index (χ0) is 19.0. The lowest BCUT2D eigenvalue weighted by Gasteiger charge is -2.15. The minimum Gasteiger partial charge on any atom is -0.326 e. The van der Waals surface area contributed by atoms with E-state index in [0.29, 0.717) is 31.4 Å². The fourth-order valence-electron chi connectivity index (χ4n) is 2.67. The van der Waals surface area contributed by atoms with Crippen LogP contribution in [0.1, 0.15) is 53.4 Å². The minimum atomic E-state index is -0.547. The largest absolute Gasteiger partial charge is 0.326 e. The van der Waals surface area contributed by atoms with Gasteiger partial charge >= 0.3 is 0 Å². The molecule has 0 aliphatic heterocycles. The number of nitrogens with one attached hydrogen (secondary N) is 2. The highest BCUT2D eigenvalue weighted by atomic mass is 16.6. The maximum Gasteiger partial charge on any atom is 0.292 e. The second-order valence-corrected chi connectivity index (χ2v) is 5.99. The molecule has 0 unspecified atom stereocenters. The maximum absolute atomic E-state index is 12.3. The standard InChI is InChI=1S/C18H27N3O4/c1-5-12(6-2)17(22)19-14-9-10-16(21(24)25)15(11-14)20-18(23)13(7-3)8-4/h9-13H,5-8H2,1-4H3,(H,19,22)(H,20,23). The first-order valence-corrected chi connectivity index (χ1v) is 8.77. The van der Waals surface area contributed by atoms with Gasteiger partial charge in [0.15, 0.2) is 0 Å². The van der Waals surface area contributed by atoms with E-state index in [9.17, 15) is 19.7 Å². The van der Waals surface area contributed by atoms with Gasteiger partial charge in [-0.3, -0.25) is 19.7 Å². The molecule has 1 rings (SSSR count). The number of anilines is 2. The van der Waals surface area contributed by atoms with Crippen LogP contribution in [0.25, 0.3) is 0 Å². The Kier molecular flexibility index (Phi) is 8.04. The second-order valence-electron chi connectivity index (χ2n) is 5.99. The van der Waals surface area contributed by atoms with Gasteiger partial charge in [-0.05, 0) is 37.8 Å². The number of amides is 2. The lowest BCUT2D eigenvalue weighted by atomic mass is 10.0. The minimum absolute atomic E-state index is 0.101. The molecule has 2 N–H and O–H groups in total. The normalized spacial score (nSPS) is 10.8. The number of nitro groups is 1. The molecule has 0 spiro atoms. The van der Waals surface area contributed by atoms with Crippen molar-refractivity contribution in [3.05, 3.63) is 28.3 Å². The average molecular weight is 349 g/mol. The number of rotatable bonds is 9. The number of nitrogens with zero attached hydrogens (tertiary/aromatic N) is 1. The molecule has 0 radical (unpaired) electrons. The third-order valence-corrected chi connectivity index (χ3v) is 4.43. The van der Waals surface area contributed by atoms with Gasteiger partial charge in [-0.2, -0.15) is 0 Å². The van der Waals surface area contributed by atoms with Crippen LogP contribution in [0.2, 0.25) is 0 Å². The van der Waals surface area contributed by atoms with Gasteiger partial charge in [-0.25, -0.2) is 0 Å². The summed E-state index contributed by atoms with van der Waals surface area (Å²) in [7, 11) is 0.